The van der Waals surface area contributed by atoms with Gasteiger partial charge in [0.05, 0.1) is 12.8 Å². The molecule has 0 atom stereocenters. The minimum atomic E-state index is -0.182. The maximum absolute atomic E-state index is 12.1. The van der Waals surface area contributed by atoms with Crippen LogP contribution in [0.15, 0.2) is 41.5 Å². The molecule has 0 radical (unpaired) electrons. The molecule has 5 nitrogen and oxygen atoms in total. The predicted molar refractivity (Wildman–Crippen MR) is 108 cm³/mol. The largest absolute Gasteiger partial charge is 0.376 e. The number of hydrazone groups is 1. The number of hydrogen-bond donors (Lipinski definition) is 3. The molecule has 0 aliphatic carbocycles. The summed E-state index contributed by atoms with van der Waals surface area (Å²) in [5.74, 6) is -0.182. The van der Waals surface area contributed by atoms with Crippen LogP contribution in [-0.2, 0) is 4.79 Å². The molecule has 134 valence electrons. The number of benzene rings is 2. The highest BCUT2D eigenvalue weighted by molar-refractivity contribution is 6.00. The van der Waals surface area contributed by atoms with Crippen molar-refractivity contribution in [3.05, 3.63) is 64.3 Å². The topological polar surface area (TPSA) is 69.3 Å². The van der Waals surface area contributed by atoms with Crippen molar-refractivity contribution in [3.8, 4) is 0 Å². The maximum atomic E-state index is 12.1. The molecule has 3 N–H and O–H groups in total. The molecule has 0 unspecified atom stereocenters. The first-order valence-electron chi connectivity index (χ1n) is 8.66. The number of hydrogen-bond acceptors (Lipinski definition) is 3. The minimum Gasteiger partial charge on any atom is -0.376 e. The molecule has 5 heteroatoms. The van der Waals surface area contributed by atoms with Crippen LogP contribution in [0.5, 0.6) is 0 Å². The van der Waals surface area contributed by atoms with E-state index >= 15 is 0 Å². The lowest BCUT2D eigenvalue weighted by molar-refractivity contribution is -0.119. The van der Waals surface area contributed by atoms with Crippen LogP contribution in [0.1, 0.15) is 27.9 Å². The van der Waals surface area contributed by atoms with Gasteiger partial charge in [-0.2, -0.15) is 5.10 Å². The normalized spacial score (nSPS) is 11.2. The van der Waals surface area contributed by atoms with Crippen LogP contribution in [0.2, 0.25) is 0 Å². The number of nitrogens with one attached hydrogen (secondary N) is 3. The average Bonchev–Trinajstić information content (AvgIpc) is 2.89. The Balaban J connectivity index is 1.62. The van der Waals surface area contributed by atoms with Crippen LogP contribution < -0.4 is 10.7 Å². The third-order valence-corrected chi connectivity index (χ3v) is 4.43. The van der Waals surface area contributed by atoms with Gasteiger partial charge in [-0.3, -0.25) is 4.79 Å². The summed E-state index contributed by atoms with van der Waals surface area (Å²) in [4.78, 5) is 15.4. The van der Waals surface area contributed by atoms with Gasteiger partial charge in [0.15, 0.2) is 0 Å². The number of aromatic nitrogens is 1. The van der Waals surface area contributed by atoms with Gasteiger partial charge < -0.3 is 10.3 Å². The second-order valence-electron chi connectivity index (χ2n) is 6.63. The summed E-state index contributed by atoms with van der Waals surface area (Å²) in [5, 5.41) is 8.40. The Labute approximate surface area is 153 Å². The fraction of sp³-hybridized carbons (Fsp3) is 0.238. The van der Waals surface area contributed by atoms with Crippen molar-refractivity contribution in [1.29, 1.82) is 0 Å². The van der Waals surface area contributed by atoms with E-state index in [1.807, 2.05) is 45.0 Å². The molecule has 0 aliphatic heterocycles. The molecule has 3 aromatic rings. The van der Waals surface area contributed by atoms with Gasteiger partial charge in [-0.05, 0) is 44.9 Å². The average molecular weight is 348 g/mol. The van der Waals surface area contributed by atoms with Gasteiger partial charge >= 0.3 is 0 Å². The zero-order valence-electron chi connectivity index (χ0n) is 15.6. The zero-order valence-corrected chi connectivity index (χ0v) is 15.6. The second kappa shape index (κ2) is 7.44. The highest BCUT2D eigenvalue weighted by atomic mass is 16.2. The van der Waals surface area contributed by atoms with Crippen LogP contribution in [0.3, 0.4) is 0 Å². The number of rotatable bonds is 5. The summed E-state index contributed by atoms with van der Waals surface area (Å²) in [7, 11) is 0. The molecular formula is C21H24N4O. The Morgan fingerprint density at radius 1 is 1.12 bits per heavy atom. The molecule has 0 bridgehead atoms. The smallest absolute Gasteiger partial charge is 0.259 e. The molecule has 1 aromatic heterocycles. The number of carbonyl (C=O) groups excluding carboxylic acids is 1. The van der Waals surface area contributed by atoms with E-state index in [1.54, 1.807) is 6.21 Å². The van der Waals surface area contributed by atoms with Crippen molar-refractivity contribution in [2.45, 2.75) is 27.7 Å². The maximum Gasteiger partial charge on any atom is 0.259 e. The van der Waals surface area contributed by atoms with Crippen molar-refractivity contribution in [3.63, 3.8) is 0 Å². The van der Waals surface area contributed by atoms with E-state index in [0.29, 0.717) is 0 Å². The molecule has 0 aliphatic rings. The Bertz CT molecular complexity index is 962. The molecule has 0 spiro atoms. The predicted octanol–water partition coefficient (Wildman–Crippen LogP) is 3.96. The zero-order chi connectivity index (χ0) is 18.7. The molecular weight excluding hydrogens is 324 g/mol. The SMILES string of the molecule is Cc1cc(C)c(NCC(=O)N/N=C/c2c(C)[nH]c3ccccc23)c(C)c1. The van der Waals surface area contributed by atoms with Gasteiger partial charge in [0.1, 0.15) is 0 Å². The molecule has 0 saturated carbocycles. The lowest BCUT2D eigenvalue weighted by Gasteiger charge is -2.13. The number of nitrogens with zero attached hydrogens (tertiary/aromatic N) is 1. The van der Waals surface area contributed by atoms with Crippen molar-refractivity contribution >= 4 is 28.7 Å². The number of aromatic amines is 1. The molecule has 1 amide bonds. The first-order chi connectivity index (χ1) is 12.5. The van der Waals surface area contributed by atoms with Crippen molar-refractivity contribution < 1.29 is 4.79 Å². The van der Waals surface area contributed by atoms with E-state index in [4.69, 9.17) is 0 Å². The Morgan fingerprint density at radius 2 is 1.81 bits per heavy atom. The Morgan fingerprint density at radius 3 is 2.54 bits per heavy atom. The van der Waals surface area contributed by atoms with Gasteiger partial charge in [0, 0.05) is 27.8 Å². The van der Waals surface area contributed by atoms with Gasteiger partial charge in [0.25, 0.3) is 5.91 Å². The van der Waals surface area contributed by atoms with E-state index in [-0.39, 0.29) is 12.5 Å². The summed E-state index contributed by atoms with van der Waals surface area (Å²) < 4.78 is 0. The monoisotopic (exact) mass is 348 g/mol. The molecule has 2 aromatic carbocycles. The summed E-state index contributed by atoms with van der Waals surface area (Å²) in [6.45, 7) is 8.32. The lowest BCUT2D eigenvalue weighted by Crippen LogP contribution is -2.26. The van der Waals surface area contributed by atoms with Gasteiger partial charge in [-0.1, -0.05) is 35.9 Å². The van der Waals surface area contributed by atoms with Crippen LogP contribution >= 0.6 is 0 Å². The van der Waals surface area contributed by atoms with Crippen molar-refractivity contribution in [2.24, 2.45) is 5.10 Å². The van der Waals surface area contributed by atoms with E-state index in [9.17, 15) is 4.79 Å². The van der Waals surface area contributed by atoms with E-state index < -0.39 is 0 Å². The number of fused-ring (bicyclic) bond motifs is 1. The standard InChI is InChI=1S/C21H24N4O/c1-13-9-14(2)21(15(3)10-13)22-12-20(26)25-23-11-18-16(4)24-19-8-6-5-7-17(18)19/h5-11,22,24H,12H2,1-4H3,(H,25,26)/b23-11+. The number of carbonyl (C=O) groups is 1. The lowest BCUT2D eigenvalue weighted by atomic mass is 10.1. The Hall–Kier alpha value is -3.08. The Kier molecular flexibility index (Phi) is 5.07. The molecule has 0 saturated heterocycles. The fourth-order valence-electron chi connectivity index (χ4n) is 3.30. The second-order valence-corrected chi connectivity index (χ2v) is 6.63. The first-order valence-corrected chi connectivity index (χ1v) is 8.66. The number of H-pyrrole nitrogens is 1. The summed E-state index contributed by atoms with van der Waals surface area (Å²) in [5.41, 5.74) is 10.1. The summed E-state index contributed by atoms with van der Waals surface area (Å²) in [6.07, 6.45) is 1.69. The van der Waals surface area contributed by atoms with E-state index in [0.717, 1.165) is 39.0 Å². The fourth-order valence-corrected chi connectivity index (χ4v) is 3.30. The van der Waals surface area contributed by atoms with Crippen molar-refractivity contribution in [2.75, 3.05) is 11.9 Å². The molecule has 3 rings (SSSR count). The van der Waals surface area contributed by atoms with Crippen LogP contribution in [0, 0.1) is 27.7 Å². The number of anilines is 1. The van der Waals surface area contributed by atoms with Gasteiger partial charge in [-0.15, -0.1) is 0 Å². The molecule has 26 heavy (non-hydrogen) atoms. The molecule has 1 heterocycles. The van der Waals surface area contributed by atoms with Crippen LogP contribution in [-0.4, -0.2) is 23.7 Å². The third kappa shape index (κ3) is 3.77. The van der Waals surface area contributed by atoms with Crippen LogP contribution in [0.25, 0.3) is 10.9 Å². The van der Waals surface area contributed by atoms with Gasteiger partial charge in [-0.25, -0.2) is 5.43 Å². The van der Waals surface area contributed by atoms with Crippen molar-refractivity contribution in [1.82, 2.24) is 10.4 Å². The molecule has 0 fully saturated rings. The summed E-state index contributed by atoms with van der Waals surface area (Å²) in [6, 6.07) is 12.2. The highest BCUT2D eigenvalue weighted by Gasteiger charge is 2.07. The first kappa shape index (κ1) is 17.7. The third-order valence-electron chi connectivity index (χ3n) is 4.43. The van der Waals surface area contributed by atoms with Crippen LogP contribution in [0.4, 0.5) is 5.69 Å². The number of aryl methyl sites for hydroxylation is 4. The van der Waals surface area contributed by atoms with E-state index in [2.05, 4.69) is 39.9 Å². The van der Waals surface area contributed by atoms with E-state index in [1.165, 1.54) is 5.56 Å². The quantitative estimate of drug-likeness (QED) is 0.482. The van der Waals surface area contributed by atoms with Gasteiger partial charge in [0.2, 0.25) is 0 Å². The highest BCUT2D eigenvalue weighted by Crippen LogP contribution is 2.21. The minimum absolute atomic E-state index is 0.176. The number of amides is 1. The summed E-state index contributed by atoms with van der Waals surface area (Å²) >= 11 is 0. The number of para-hydroxylation sites is 1.